The number of benzene rings is 1. The second-order valence-electron chi connectivity index (χ2n) is 11.2. The molecule has 1 aromatic rings. The van der Waals surface area contributed by atoms with Crippen LogP contribution >= 0.6 is 0 Å². The van der Waals surface area contributed by atoms with Crippen LogP contribution in [-0.4, -0.2) is 83.0 Å². The second kappa shape index (κ2) is 12.2. The number of piperidine rings is 1. The van der Waals surface area contributed by atoms with E-state index in [1.165, 1.54) is 0 Å². The molecule has 2 aliphatic heterocycles. The van der Waals surface area contributed by atoms with Crippen molar-refractivity contribution in [2.24, 2.45) is 11.7 Å². The van der Waals surface area contributed by atoms with Crippen LogP contribution in [0.5, 0.6) is 5.75 Å². The van der Waals surface area contributed by atoms with Crippen molar-refractivity contribution in [1.29, 1.82) is 0 Å². The zero-order valence-corrected chi connectivity index (χ0v) is 23.0. The quantitative estimate of drug-likeness (QED) is 0.466. The number of carbonyl (C=O) groups is 2. The molecule has 214 valence electrons. The average Bonchev–Trinajstić information content (AvgIpc) is 3.34. The smallest absolute Gasteiger partial charge is 0.266 e. The van der Waals surface area contributed by atoms with Gasteiger partial charge in [0.25, 0.3) is 5.91 Å². The molecule has 1 unspecified atom stereocenters. The van der Waals surface area contributed by atoms with E-state index in [0.29, 0.717) is 43.2 Å². The molecule has 1 aromatic carbocycles. The molecule has 39 heavy (non-hydrogen) atoms. The average molecular weight is 546 g/mol. The van der Waals surface area contributed by atoms with E-state index in [-0.39, 0.29) is 25.0 Å². The number of nitrogens with two attached hydrogens (primary N) is 1. The molecule has 0 saturated carbocycles. The van der Waals surface area contributed by atoms with E-state index in [9.17, 15) is 19.1 Å². The van der Waals surface area contributed by atoms with Crippen LogP contribution in [0, 0.1) is 5.92 Å². The van der Waals surface area contributed by atoms with Crippen molar-refractivity contribution in [3.63, 3.8) is 0 Å². The van der Waals surface area contributed by atoms with Gasteiger partial charge in [0, 0.05) is 31.5 Å². The lowest BCUT2D eigenvalue weighted by Gasteiger charge is -2.36. The van der Waals surface area contributed by atoms with Crippen LogP contribution in [0.3, 0.4) is 0 Å². The highest BCUT2D eigenvalue weighted by atomic mass is 19.1. The Bertz CT molecular complexity index is 1080. The molecule has 0 bridgehead atoms. The fraction of sp³-hybridized carbons (Fsp3) is 0.600. The van der Waals surface area contributed by atoms with Crippen LogP contribution in [0.15, 0.2) is 42.5 Å². The highest BCUT2D eigenvalue weighted by Gasteiger charge is 2.50. The third-order valence-corrected chi connectivity index (χ3v) is 8.56. The molecule has 0 spiro atoms. The summed E-state index contributed by atoms with van der Waals surface area (Å²) in [7, 11) is 0. The number of ether oxygens (including phenoxy) is 1. The molecule has 1 aliphatic carbocycles. The van der Waals surface area contributed by atoms with E-state index in [0.717, 1.165) is 30.8 Å². The minimum atomic E-state index is -2.38. The maximum atomic E-state index is 16.4. The topological polar surface area (TPSA) is 96.1 Å². The molecule has 0 radical (unpaired) electrons. The number of amides is 2. The zero-order chi connectivity index (χ0) is 28.2. The Morgan fingerprint density at radius 2 is 1.85 bits per heavy atom. The van der Waals surface area contributed by atoms with Gasteiger partial charge in [-0.25, -0.2) is 8.78 Å². The largest absolute Gasteiger partial charge is 0.493 e. The van der Waals surface area contributed by atoms with Crippen LogP contribution in [-0.2, 0) is 9.59 Å². The maximum absolute atomic E-state index is 16.4. The van der Waals surface area contributed by atoms with Gasteiger partial charge in [0.15, 0.2) is 0 Å². The van der Waals surface area contributed by atoms with E-state index in [1.807, 2.05) is 13.8 Å². The summed E-state index contributed by atoms with van der Waals surface area (Å²) in [5, 5.41) is 10.0. The van der Waals surface area contributed by atoms with Gasteiger partial charge in [-0.05, 0) is 62.4 Å². The Morgan fingerprint density at radius 3 is 2.46 bits per heavy atom. The predicted molar refractivity (Wildman–Crippen MR) is 146 cm³/mol. The molecule has 7 nitrogen and oxygen atoms in total. The lowest BCUT2D eigenvalue weighted by molar-refractivity contribution is -0.144. The Kier molecular flexibility index (Phi) is 9.11. The van der Waals surface area contributed by atoms with Crippen molar-refractivity contribution in [2.45, 2.75) is 75.9 Å². The van der Waals surface area contributed by atoms with Crippen molar-refractivity contribution < 1.29 is 28.2 Å². The fourth-order valence-corrected chi connectivity index (χ4v) is 5.83. The Hall–Kier alpha value is -2.78. The maximum Gasteiger partial charge on any atom is 0.266 e. The minimum Gasteiger partial charge on any atom is -0.493 e. The first-order valence-electron chi connectivity index (χ1n) is 14.1. The van der Waals surface area contributed by atoms with Gasteiger partial charge in [-0.15, -0.1) is 0 Å². The molecule has 9 heteroatoms. The first-order chi connectivity index (χ1) is 18.6. The van der Waals surface area contributed by atoms with Gasteiger partial charge in [0.05, 0.1) is 12.7 Å². The second-order valence-corrected chi connectivity index (χ2v) is 11.2. The van der Waals surface area contributed by atoms with Gasteiger partial charge in [-0.1, -0.05) is 44.2 Å². The minimum absolute atomic E-state index is 0.00517. The number of β-amino-alcohol motifs (C(OH)–C–C–N with tert-alkyl or cyclic N) is 1. The number of carbonyl (C=O) groups excluding carboxylic acids is 2. The standard InChI is InChI=1S/C30H41F2N3O4/c1-3-29(31,4-2)20-34-15-12-21(13-16-34)19-39-24-10-8-22(9-11-24)25-7-5-6-14-30(25,32)28(38)35-18-23(36)17-26(35)27(33)37/h5-11,21,23,26,36H,3-4,12-20H2,1-2H3,(H2,33,37)/t23-,26-,30?/m1/s1. The van der Waals surface area contributed by atoms with Gasteiger partial charge < -0.3 is 25.4 Å². The van der Waals surface area contributed by atoms with Crippen LogP contribution in [0.25, 0.3) is 5.57 Å². The number of aliphatic hydroxyl groups is 1. The molecule has 3 N–H and O–H groups in total. The molecule has 2 saturated heterocycles. The summed E-state index contributed by atoms with van der Waals surface area (Å²) in [6, 6.07) is 5.95. The lowest BCUT2D eigenvalue weighted by Crippen LogP contribution is -2.52. The van der Waals surface area contributed by atoms with E-state index >= 15 is 4.39 Å². The normalized spacial score (nSPS) is 26.5. The number of likely N-dealkylation sites (tertiary alicyclic amines) is 2. The number of aliphatic hydroxyl groups excluding tert-OH is 1. The van der Waals surface area contributed by atoms with Crippen molar-refractivity contribution in [2.75, 3.05) is 32.8 Å². The summed E-state index contributed by atoms with van der Waals surface area (Å²) < 4.78 is 37.2. The number of hydrogen-bond acceptors (Lipinski definition) is 5. The summed E-state index contributed by atoms with van der Waals surface area (Å²) in [5.41, 5.74) is 2.66. The predicted octanol–water partition coefficient (Wildman–Crippen LogP) is 3.80. The summed E-state index contributed by atoms with van der Waals surface area (Å²) in [5.74, 6) is -0.590. The van der Waals surface area contributed by atoms with Gasteiger partial charge in [-0.2, -0.15) is 0 Å². The number of hydrogen-bond donors (Lipinski definition) is 2. The number of rotatable bonds is 10. The van der Waals surface area contributed by atoms with Crippen LogP contribution in [0.2, 0.25) is 0 Å². The number of alkyl halides is 2. The van der Waals surface area contributed by atoms with Gasteiger partial charge in [0.2, 0.25) is 11.6 Å². The van der Waals surface area contributed by atoms with Gasteiger partial charge >= 0.3 is 0 Å². The number of primary amides is 1. The van der Waals surface area contributed by atoms with E-state index in [1.54, 1.807) is 42.5 Å². The van der Waals surface area contributed by atoms with Crippen molar-refractivity contribution in [3.8, 4) is 5.75 Å². The van der Waals surface area contributed by atoms with Crippen molar-refractivity contribution >= 4 is 17.4 Å². The lowest BCUT2D eigenvalue weighted by atomic mass is 9.82. The summed E-state index contributed by atoms with van der Waals surface area (Å²) in [4.78, 5) is 28.5. The number of nitrogens with zero attached hydrogens (tertiary/aromatic N) is 2. The number of halogens is 2. The first kappa shape index (κ1) is 29.2. The molecule has 2 amide bonds. The van der Waals surface area contributed by atoms with Crippen molar-refractivity contribution in [3.05, 3.63) is 48.1 Å². The highest BCUT2D eigenvalue weighted by Crippen LogP contribution is 2.40. The van der Waals surface area contributed by atoms with Crippen LogP contribution < -0.4 is 10.5 Å². The van der Waals surface area contributed by atoms with Crippen LogP contribution in [0.1, 0.15) is 57.9 Å². The highest BCUT2D eigenvalue weighted by molar-refractivity contribution is 6.02. The summed E-state index contributed by atoms with van der Waals surface area (Å²) >= 11 is 0. The summed E-state index contributed by atoms with van der Waals surface area (Å²) in [6.07, 6.45) is 6.72. The summed E-state index contributed by atoms with van der Waals surface area (Å²) in [6.45, 7) is 6.43. The third kappa shape index (κ3) is 6.52. The molecule has 2 fully saturated rings. The number of allylic oxidation sites excluding steroid dienone is 3. The molecule has 2 heterocycles. The Balaban J connectivity index is 1.36. The fourth-order valence-electron chi connectivity index (χ4n) is 5.83. The Morgan fingerprint density at radius 1 is 1.18 bits per heavy atom. The molecular weight excluding hydrogens is 504 g/mol. The molecule has 3 aliphatic rings. The molecule has 3 atom stereocenters. The van der Waals surface area contributed by atoms with Gasteiger partial charge in [0.1, 0.15) is 17.5 Å². The zero-order valence-electron chi connectivity index (χ0n) is 23.0. The van der Waals surface area contributed by atoms with E-state index in [4.69, 9.17) is 10.5 Å². The monoisotopic (exact) mass is 545 g/mol. The van der Waals surface area contributed by atoms with E-state index < -0.39 is 35.3 Å². The van der Waals surface area contributed by atoms with Crippen LogP contribution in [0.4, 0.5) is 8.78 Å². The third-order valence-electron chi connectivity index (χ3n) is 8.56. The SMILES string of the molecule is CCC(F)(CC)CN1CCC(COc2ccc(C3=CC=CCC3(F)C(=O)N3C[C@H](O)C[C@@H]3C(N)=O)cc2)CC1. The molecule has 0 aromatic heterocycles. The first-order valence-corrected chi connectivity index (χ1v) is 14.1. The molecule has 4 rings (SSSR count). The molecular formula is C30H41F2N3O4. The van der Waals surface area contributed by atoms with E-state index in [2.05, 4.69) is 4.90 Å². The van der Waals surface area contributed by atoms with Gasteiger partial charge in [-0.3, -0.25) is 9.59 Å². The Labute approximate surface area is 229 Å². The van der Waals surface area contributed by atoms with Crippen molar-refractivity contribution in [1.82, 2.24) is 9.80 Å².